The van der Waals surface area contributed by atoms with Crippen LogP contribution in [0.2, 0.25) is 0 Å². The van der Waals surface area contributed by atoms with Gasteiger partial charge in [0.25, 0.3) is 0 Å². The quantitative estimate of drug-likeness (QED) is 0.285. The summed E-state index contributed by atoms with van der Waals surface area (Å²) in [4.78, 5) is 7.33. The minimum atomic E-state index is -3.23. The molecule has 0 amide bonds. The summed E-state index contributed by atoms with van der Waals surface area (Å²) in [5.74, 6) is 0.998. The summed E-state index contributed by atoms with van der Waals surface area (Å²) < 4.78 is 24.6. The molecular formula is C19H32IN3O2S. The van der Waals surface area contributed by atoms with Crippen molar-refractivity contribution in [2.75, 3.05) is 25.4 Å². The fourth-order valence-electron chi connectivity index (χ4n) is 2.98. The molecule has 148 valence electrons. The van der Waals surface area contributed by atoms with Crippen molar-refractivity contribution in [2.24, 2.45) is 10.4 Å². The van der Waals surface area contributed by atoms with Gasteiger partial charge in [-0.3, -0.25) is 4.99 Å². The van der Waals surface area contributed by atoms with E-state index in [4.69, 9.17) is 0 Å². The number of hydrogen-bond donors (Lipinski definition) is 1. The van der Waals surface area contributed by atoms with Gasteiger partial charge in [0.05, 0.1) is 10.6 Å². The summed E-state index contributed by atoms with van der Waals surface area (Å²) >= 11 is 0. The third-order valence-electron chi connectivity index (χ3n) is 5.41. The molecule has 26 heavy (non-hydrogen) atoms. The zero-order chi connectivity index (χ0) is 18.7. The molecule has 2 rings (SSSR count). The van der Waals surface area contributed by atoms with Gasteiger partial charge in [0.1, 0.15) is 0 Å². The molecule has 0 radical (unpaired) electrons. The standard InChI is InChI=1S/C19H31N3O2S.HI/c1-6-20-17(22-15-18(2,3)19(22,4)5)21-13-10-14-25(23,24)16-11-8-7-9-12-16;/h7-9,11-12H,6,10,13-15H2,1-5H3,(H,20,21);1H. The molecule has 5 nitrogen and oxygen atoms in total. The Balaban J connectivity index is 0.00000338. The highest BCUT2D eigenvalue weighted by Gasteiger charge is 2.53. The monoisotopic (exact) mass is 493 g/mol. The molecule has 0 saturated carbocycles. The van der Waals surface area contributed by atoms with Crippen LogP contribution in [0.1, 0.15) is 41.0 Å². The summed E-state index contributed by atoms with van der Waals surface area (Å²) in [7, 11) is -3.23. The number of nitrogens with zero attached hydrogens (tertiary/aromatic N) is 2. The van der Waals surface area contributed by atoms with E-state index in [1.165, 1.54) is 0 Å². The Labute approximate surface area is 175 Å². The van der Waals surface area contributed by atoms with Crippen molar-refractivity contribution in [1.29, 1.82) is 0 Å². The third-order valence-corrected chi connectivity index (χ3v) is 7.23. The zero-order valence-electron chi connectivity index (χ0n) is 16.4. The van der Waals surface area contributed by atoms with Crippen molar-refractivity contribution in [3.05, 3.63) is 30.3 Å². The van der Waals surface area contributed by atoms with Crippen molar-refractivity contribution in [3.8, 4) is 0 Å². The molecule has 1 aromatic rings. The molecule has 1 fully saturated rings. The SMILES string of the molecule is CCNC(=NCCCS(=O)(=O)c1ccccc1)N1CC(C)(C)C1(C)C.I. The Morgan fingerprint density at radius 1 is 1.19 bits per heavy atom. The van der Waals surface area contributed by atoms with Crippen LogP contribution < -0.4 is 5.32 Å². The van der Waals surface area contributed by atoms with E-state index in [9.17, 15) is 8.42 Å². The average molecular weight is 493 g/mol. The van der Waals surface area contributed by atoms with Gasteiger partial charge in [-0.05, 0) is 39.3 Å². The van der Waals surface area contributed by atoms with Gasteiger partial charge in [-0.25, -0.2) is 8.42 Å². The number of rotatable bonds is 6. The van der Waals surface area contributed by atoms with Crippen LogP contribution in [0.3, 0.4) is 0 Å². The van der Waals surface area contributed by atoms with Gasteiger partial charge in [0.2, 0.25) is 0 Å². The predicted octanol–water partition coefficient (Wildman–Crippen LogP) is 3.55. The van der Waals surface area contributed by atoms with E-state index in [0.29, 0.717) is 17.9 Å². The molecule has 1 N–H and O–H groups in total. The maximum Gasteiger partial charge on any atom is 0.194 e. The highest BCUT2D eigenvalue weighted by Crippen LogP contribution is 2.46. The van der Waals surface area contributed by atoms with Gasteiger partial charge in [-0.15, -0.1) is 24.0 Å². The van der Waals surface area contributed by atoms with Crippen molar-refractivity contribution in [3.63, 3.8) is 0 Å². The highest BCUT2D eigenvalue weighted by atomic mass is 127. The molecule has 0 unspecified atom stereocenters. The third kappa shape index (κ3) is 4.91. The largest absolute Gasteiger partial charge is 0.356 e. The van der Waals surface area contributed by atoms with E-state index in [1.54, 1.807) is 24.3 Å². The second-order valence-electron chi connectivity index (χ2n) is 7.75. The Kier molecular flexibility index (Phi) is 7.95. The fraction of sp³-hybridized carbons (Fsp3) is 0.632. The molecule has 1 aliphatic heterocycles. The molecular weight excluding hydrogens is 461 g/mol. The van der Waals surface area contributed by atoms with Crippen LogP contribution in [-0.4, -0.2) is 50.2 Å². The van der Waals surface area contributed by atoms with Crippen molar-refractivity contribution < 1.29 is 8.42 Å². The number of sulfone groups is 1. The van der Waals surface area contributed by atoms with Crippen LogP contribution in [0.25, 0.3) is 0 Å². The molecule has 0 aliphatic carbocycles. The van der Waals surface area contributed by atoms with Gasteiger partial charge < -0.3 is 10.2 Å². The molecule has 7 heteroatoms. The zero-order valence-corrected chi connectivity index (χ0v) is 19.6. The Morgan fingerprint density at radius 3 is 2.31 bits per heavy atom. The van der Waals surface area contributed by atoms with E-state index in [-0.39, 0.29) is 40.7 Å². The van der Waals surface area contributed by atoms with Gasteiger partial charge in [-0.2, -0.15) is 0 Å². The first-order valence-electron chi connectivity index (χ1n) is 8.95. The molecule has 0 aromatic heterocycles. The first-order valence-corrected chi connectivity index (χ1v) is 10.6. The summed E-state index contributed by atoms with van der Waals surface area (Å²) in [6.07, 6.45) is 0.518. The molecule has 0 atom stereocenters. The number of hydrogen-bond acceptors (Lipinski definition) is 3. The predicted molar refractivity (Wildman–Crippen MR) is 119 cm³/mol. The van der Waals surface area contributed by atoms with Crippen LogP contribution in [0, 0.1) is 5.41 Å². The maximum absolute atomic E-state index is 12.3. The molecule has 1 heterocycles. The molecule has 1 aliphatic rings. The number of halogens is 1. The van der Waals surface area contributed by atoms with Crippen molar-refractivity contribution in [2.45, 2.75) is 51.5 Å². The molecule has 0 spiro atoms. The van der Waals surface area contributed by atoms with E-state index in [1.807, 2.05) is 13.0 Å². The average Bonchev–Trinajstić information content (AvgIpc) is 2.56. The number of guanidine groups is 1. The second kappa shape index (κ2) is 8.91. The van der Waals surface area contributed by atoms with Crippen molar-refractivity contribution in [1.82, 2.24) is 10.2 Å². The minimum Gasteiger partial charge on any atom is -0.356 e. The topological polar surface area (TPSA) is 61.8 Å². The van der Waals surface area contributed by atoms with Crippen LogP contribution in [-0.2, 0) is 9.84 Å². The van der Waals surface area contributed by atoms with Gasteiger partial charge in [0, 0.05) is 30.6 Å². The smallest absolute Gasteiger partial charge is 0.194 e. The van der Waals surface area contributed by atoms with Gasteiger partial charge in [-0.1, -0.05) is 32.0 Å². The maximum atomic E-state index is 12.3. The van der Waals surface area contributed by atoms with Crippen LogP contribution in [0.15, 0.2) is 40.2 Å². The Hall–Kier alpha value is -0.830. The molecule has 0 bridgehead atoms. The summed E-state index contributed by atoms with van der Waals surface area (Å²) in [5, 5.41) is 3.33. The van der Waals surface area contributed by atoms with Gasteiger partial charge in [0.15, 0.2) is 15.8 Å². The first-order chi connectivity index (χ1) is 11.6. The Morgan fingerprint density at radius 2 is 1.81 bits per heavy atom. The Bertz CT molecular complexity index is 716. The minimum absolute atomic E-state index is 0. The summed E-state index contributed by atoms with van der Waals surface area (Å²) in [6.45, 7) is 13.3. The molecule has 1 aromatic carbocycles. The number of likely N-dealkylation sites (tertiary alicyclic amines) is 1. The van der Waals surface area contributed by atoms with Crippen LogP contribution in [0.5, 0.6) is 0 Å². The van der Waals surface area contributed by atoms with Crippen molar-refractivity contribution >= 4 is 39.8 Å². The molecule has 1 saturated heterocycles. The lowest BCUT2D eigenvalue weighted by atomic mass is 9.65. The first kappa shape index (κ1) is 23.2. The lowest BCUT2D eigenvalue weighted by Crippen LogP contribution is -2.72. The normalized spacial score (nSPS) is 18.7. The highest BCUT2D eigenvalue weighted by molar-refractivity contribution is 14.0. The number of benzene rings is 1. The number of aliphatic imine (C=N–C) groups is 1. The van der Waals surface area contributed by atoms with Crippen LogP contribution in [0.4, 0.5) is 0 Å². The van der Waals surface area contributed by atoms with E-state index in [2.05, 4.69) is 42.9 Å². The second-order valence-corrected chi connectivity index (χ2v) is 9.86. The lowest BCUT2D eigenvalue weighted by Gasteiger charge is -2.62. The number of nitrogens with one attached hydrogen (secondary N) is 1. The van der Waals surface area contributed by atoms with E-state index in [0.717, 1.165) is 19.0 Å². The summed E-state index contributed by atoms with van der Waals surface area (Å²) in [5.41, 5.74) is 0.268. The lowest BCUT2D eigenvalue weighted by molar-refractivity contribution is -0.0667. The van der Waals surface area contributed by atoms with E-state index < -0.39 is 9.84 Å². The summed E-state index contributed by atoms with van der Waals surface area (Å²) in [6, 6.07) is 8.62. The van der Waals surface area contributed by atoms with E-state index >= 15 is 0 Å². The van der Waals surface area contributed by atoms with Crippen LogP contribution >= 0.6 is 24.0 Å². The van der Waals surface area contributed by atoms with Gasteiger partial charge >= 0.3 is 0 Å². The fourth-order valence-corrected chi connectivity index (χ4v) is 4.30.